The largest absolute Gasteiger partial charge is 0.332 e. The van der Waals surface area contributed by atoms with Crippen molar-refractivity contribution in [3.05, 3.63) is 17.2 Å². The zero-order chi connectivity index (χ0) is 11.0. The molecular formula is C11H17ClN4. The van der Waals surface area contributed by atoms with Crippen molar-refractivity contribution in [3.63, 3.8) is 0 Å². The molecular weight excluding hydrogens is 224 g/mol. The maximum atomic E-state index is 6.20. The lowest BCUT2D eigenvalue weighted by atomic mass is 10.0. The summed E-state index contributed by atoms with van der Waals surface area (Å²) in [5, 5.41) is 4.09. The van der Waals surface area contributed by atoms with Gasteiger partial charge in [0.15, 0.2) is 5.15 Å². The number of nitrogens with zero attached hydrogens (tertiary/aromatic N) is 3. The molecule has 1 aromatic heterocycles. The molecule has 0 aliphatic carbocycles. The maximum Gasteiger partial charge on any atom is 0.151 e. The van der Waals surface area contributed by atoms with Crippen LogP contribution in [0.25, 0.3) is 0 Å². The van der Waals surface area contributed by atoms with Crippen molar-refractivity contribution in [1.29, 1.82) is 0 Å². The number of nitrogens with one attached hydrogen (secondary N) is 1. The number of halogens is 1. The van der Waals surface area contributed by atoms with Crippen LogP contribution in [0.1, 0.15) is 24.6 Å². The van der Waals surface area contributed by atoms with Gasteiger partial charge in [0.1, 0.15) is 0 Å². The van der Waals surface area contributed by atoms with E-state index in [1.165, 1.54) is 18.5 Å². The zero-order valence-corrected chi connectivity index (χ0v) is 10.1. The molecule has 4 nitrogen and oxygen atoms in total. The highest BCUT2D eigenvalue weighted by Gasteiger charge is 2.29. The molecule has 0 aromatic carbocycles. The van der Waals surface area contributed by atoms with E-state index >= 15 is 0 Å². The third kappa shape index (κ3) is 1.75. The van der Waals surface area contributed by atoms with Crippen molar-refractivity contribution in [2.24, 2.45) is 0 Å². The van der Waals surface area contributed by atoms with E-state index < -0.39 is 0 Å². The maximum absolute atomic E-state index is 6.20. The molecule has 3 heterocycles. The summed E-state index contributed by atoms with van der Waals surface area (Å²) in [5.41, 5.74) is 1.23. The van der Waals surface area contributed by atoms with Crippen molar-refractivity contribution in [2.75, 3.05) is 26.2 Å². The monoisotopic (exact) mass is 240 g/mol. The lowest BCUT2D eigenvalue weighted by Gasteiger charge is -2.37. The van der Waals surface area contributed by atoms with Crippen LogP contribution in [0.2, 0.25) is 5.15 Å². The van der Waals surface area contributed by atoms with Gasteiger partial charge in [-0.15, -0.1) is 0 Å². The summed E-state index contributed by atoms with van der Waals surface area (Å²) in [7, 11) is 0. The van der Waals surface area contributed by atoms with E-state index in [-0.39, 0.29) is 0 Å². The number of aryl methyl sites for hydroxylation is 1. The Bertz CT molecular complexity index is 370. The number of hydrogen-bond acceptors (Lipinski definition) is 3. The number of rotatable bonds is 1. The summed E-state index contributed by atoms with van der Waals surface area (Å²) in [6, 6.07) is 0.478. The predicted octanol–water partition coefficient (Wildman–Crippen LogP) is 1.28. The van der Waals surface area contributed by atoms with Crippen LogP contribution in [-0.4, -0.2) is 40.6 Å². The predicted molar refractivity (Wildman–Crippen MR) is 63.7 cm³/mol. The molecule has 3 rings (SSSR count). The molecule has 0 amide bonds. The van der Waals surface area contributed by atoms with Gasteiger partial charge in [-0.25, -0.2) is 4.98 Å². The SMILES string of the molecule is Clc1ncn2c1C(N1CCNCC1)CCC2. The van der Waals surface area contributed by atoms with Gasteiger partial charge < -0.3 is 9.88 Å². The summed E-state index contributed by atoms with van der Waals surface area (Å²) >= 11 is 6.20. The molecule has 1 unspecified atom stereocenters. The number of fused-ring (bicyclic) bond motifs is 1. The van der Waals surface area contributed by atoms with Gasteiger partial charge in [0.05, 0.1) is 18.1 Å². The fourth-order valence-corrected chi connectivity index (χ4v) is 3.09. The molecule has 2 aliphatic rings. The first-order valence-corrected chi connectivity index (χ1v) is 6.39. The van der Waals surface area contributed by atoms with Crippen LogP contribution < -0.4 is 5.32 Å². The number of imidazole rings is 1. The van der Waals surface area contributed by atoms with Crippen molar-refractivity contribution in [1.82, 2.24) is 19.8 Å². The van der Waals surface area contributed by atoms with E-state index in [4.69, 9.17) is 11.6 Å². The van der Waals surface area contributed by atoms with Gasteiger partial charge in [-0.1, -0.05) is 11.6 Å². The molecule has 0 spiro atoms. The molecule has 0 saturated carbocycles. The van der Waals surface area contributed by atoms with Crippen molar-refractivity contribution >= 4 is 11.6 Å². The third-order valence-electron chi connectivity index (χ3n) is 3.62. The second-order valence-electron chi connectivity index (χ2n) is 4.56. The Balaban J connectivity index is 1.88. The average molecular weight is 241 g/mol. The van der Waals surface area contributed by atoms with Crippen LogP contribution in [0.4, 0.5) is 0 Å². The van der Waals surface area contributed by atoms with Gasteiger partial charge in [0.2, 0.25) is 0 Å². The third-order valence-corrected chi connectivity index (χ3v) is 3.91. The Morgan fingerprint density at radius 1 is 1.31 bits per heavy atom. The Hall–Kier alpha value is -0.580. The van der Waals surface area contributed by atoms with Crippen LogP contribution in [0.5, 0.6) is 0 Å². The lowest BCUT2D eigenvalue weighted by Crippen LogP contribution is -2.46. The lowest BCUT2D eigenvalue weighted by molar-refractivity contribution is 0.145. The molecule has 1 atom stereocenters. The molecule has 1 saturated heterocycles. The van der Waals surface area contributed by atoms with E-state index in [0.29, 0.717) is 11.2 Å². The quantitative estimate of drug-likeness (QED) is 0.803. The van der Waals surface area contributed by atoms with E-state index in [9.17, 15) is 0 Å². The fourth-order valence-electron chi connectivity index (χ4n) is 2.82. The molecule has 0 radical (unpaired) electrons. The first-order chi connectivity index (χ1) is 7.86. The first kappa shape index (κ1) is 10.6. The number of aromatic nitrogens is 2. The highest BCUT2D eigenvalue weighted by Crippen LogP contribution is 2.34. The Kier molecular flexibility index (Phi) is 2.88. The van der Waals surface area contributed by atoms with Gasteiger partial charge in [-0.2, -0.15) is 0 Å². The van der Waals surface area contributed by atoms with Gasteiger partial charge in [-0.05, 0) is 12.8 Å². The van der Waals surface area contributed by atoms with Crippen LogP contribution in [0.15, 0.2) is 6.33 Å². The van der Waals surface area contributed by atoms with Crippen LogP contribution in [0.3, 0.4) is 0 Å². The topological polar surface area (TPSA) is 33.1 Å². The van der Waals surface area contributed by atoms with Gasteiger partial charge in [-0.3, -0.25) is 4.90 Å². The second kappa shape index (κ2) is 4.35. The van der Waals surface area contributed by atoms with Crippen LogP contribution in [0, 0.1) is 0 Å². The second-order valence-corrected chi connectivity index (χ2v) is 4.92. The molecule has 1 aromatic rings. The first-order valence-electron chi connectivity index (χ1n) is 6.01. The summed E-state index contributed by atoms with van der Waals surface area (Å²) in [6.45, 7) is 5.47. The van der Waals surface area contributed by atoms with E-state index in [1.54, 1.807) is 0 Å². The van der Waals surface area contributed by atoms with Gasteiger partial charge >= 0.3 is 0 Å². The van der Waals surface area contributed by atoms with E-state index in [1.807, 2.05) is 6.33 Å². The summed E-state index contributed by atoms with van der Waals surface area (Å²) in [4.78, 5) is 6.77. The molecule has 1 N–H and O–H groups in total. The summed E-state index contributed by atoms with van der Waals surface area (Å²) < 4.78 is 2.22. The average Bonchev–Trinajstić information content (AvgIpc) is 2.73. The van der Waals surface area contributed by atoms with E-state index in [0.717, 1.165) is 32.7 Å². The highest BCUT2D eigenvalue weighted by atomic mass is 35.5. The Labute approximate surface area is 101 Å². The van der Waals surface area contributed by atoms with Crippen LogP contribution in [-0.2, 0) is 6.54 Å². The zero-order valence-electron chi connectivity index (χ0n) is 9.32. The van der Waals surface area contributed by atoms with Crippen molar-refractivity contribution in [3.8, 4) is 0 Å². The summed E-state index contributed by atoms with van der Waals surface area (Å²) in [6.07, 6.45) is 4.33. The van der Waals surface area contributed by atoms with Gasteiger partial charge in [0, 0.05) is 32.7 Å². The molecule has 2 aliphatic heterocycles. The van der Waals surface area contributed by atoms with Crippen molar-refractivity contribution in [2.45, 2.75) is 25.4 Å². The standard InChI is InChI=1S/C11H17ClN4/c12-11-10-9(15-6-3-13-4-7-15)2-1-5-16(10)8-14-11/h8-9,13H,1-7H2. The highest BCUT2D eigenvalue weighted by molar-refractivity contribution is 6.30. The minimum Gasteiger partial charge on any atom is -0.332 e. The fraction of sp³-hybridized carbons (Fsp3) is 0.727. The van der Waals surface area contributed by atoms with Crippen molar-refractivity contribution < 1.29 is 0 Å². The number of piperazine rings is 1. The Morgan fingerprint density at radius 2 is 2.12 bits per heavy atom. The smallest absolute Gasteiger partial charge is 0.151 e. The number of hydrogen-bond donors (Lipinski definition) is 1. The normalized spacial score (nSPS) is 26.7. The molecule has 0 bridgehead atoms. The Morgan fingerprint density at radius 3 is 2.94 bits per heavy atom. The summed E-state index contributed by atoms with van der Waals surface area (Å²) in [5.74, 6) is 0. The molecule has 5 heteroatoms. The molecule has 1 fully saturated rings. The molecule has 88 valence electrons. The van der Waals surface area contributed by atoms with Gasteiger partial charge in [0.25, 0.3) is 0 Å². The minimum atomic E-state index is 0.478. The van der Waals surface area contributed by atoms with Crippen LogP contribution >= 0.6 is 11.6 Å². The minimum absolute atomic E-state index is 0.478. The van der Waals surface area contributed by atoms with E-state index in [2.05, 4.69) is 19.8 Å². The molecule has 16 heavy (non-hydrogen) atoms.